The quantitative estimate of drug-likeness (QED) is 0.0584. The average Bonchev–Trinajstić information content (AvgIpc) is 3.97. The minimum absolute atomic E-state index is 0. The molecule has 0 radical (unpaired) electrons. The van der Waals surface area contributed by atoms with Crippen LogP contribution in [-0.4, -0.2) is 5.71 Å². The van der Waals surface area contributed by atoms with Crippen molar-refractivity contribution in [3.8, 4) is 0 Å². The molecule has 0 N–H and O–H groups in total. The van der Waals surface area contributed by atoms with Crippen LogP contribution in [0.2, 0.25) is 0 Å². The number of nitrogens with zero attached hydrogens (tertiary/aromatic N) is 2. The summed E-state index contributed by atoms with van der Waals surface area (Å²) in [6.07, 6.45) is 14.7. The van der Waals surface area contributed by atoms with E-state index in [0.717, 1.165) is 34.8 Å². The van der Waals surface area contributed by atoms with E-state index >= 15 is 0 Å². The SMILES string of the molecule is Cc1cc(C)c(C(=C2C=CC(C(c3ccccc3)(c3ccccc3)c3ccccc3)=N2)c2ccc(C(c3ccccc3)(c3ccccc3)C3C=CCC=C3)[n-]2)c(C)c1.[CH3-].[Fe+2]. The Morgan fingerprint density at radius 3 is 1.43 bits per heavy atom. The van der Waals surface area contributed by atoms with E-state index in [-0.39, 0.29) is 30.4 Å². The zero-order valence-electron chi connectivity index (χ0n) is 34.7. The monoisotopic (exact) mass is 818 g/mol. The number of hydrogen-bond acceptors (Lipinski definition) is 1. The van der Waals surface area contributed by atoms with Gasteiger partial charge in [-0.3, -0.25) is 4.99 Å². The van der Waals surface area contributed by atoms with Crippen molar-refractivity contribution in [1.29, 1.82) is 0 Å². The van der Waals surface area contributed by atoms with E-state index in [1.807, 2.05) is 0 Å². The Labute approximate surface area is 367 Å². The minimum Gasteiger partial charge on any atom is -0.660 e. The van der Waals surface area contributed by atoms with Crippen molar-refractivity contribution in [1.82, 2.24) is 4.98 Å². The fourth-order valence-corrected chi connectivity index (χ4v) is 9.70. The van der Waals surface area contributed by atoms with Crippen LogP contribution in [0.4, 0.5) is 0 Å². The molecule has 0 spiro atoms. The number of aryl methyl sites for hydroxylation is 3. The van der Waals surface area contributed by atoms with Crippen molar-refractivity contribution in [2.45, 2.75) is 38.0 Å². The van der Waals surface area contributed by atoms with Gasteiger partial charge in [0.2, 0.25) is 0 Å². The zero-order chi connectivity index (χ0) is 39.5. The standard InChI is InChI=1S/C56H47N2.CH3.Fe/c1-40-38-41(2)53(42(3)39-40)54(49-34-36-51(57-49)55(43-22-10-4-11-23-43,44-24-12-5-13-25-44)45-26-14-6-15-27-45)50-35-37-52(58-50)56(46-28-16-7-17-29-46,47-30-18-8-19-31-47)48-32-20-9-21-33-48;;/h4-8,10-39,48H,9H2,1-3H3;1H3;/q2*-1;+2. The summed E-state index contributed by atoms with van der Waals surface area (Å²) in [5.41, 5.74) is 14.4. The third-order valence-electron chi connectivity index (χ3n) is 12.0. The van der Waals surface area contributed by atoms with Gasteiger partial charge in [0.15, 0.2) is 0 Å². The molecule has 0 saturated heterocycles. The molecule has 2 heterocycles. The van der Waals surface area contributed by atoms with E-state index in [1.54, 1.807) is 0 Å². The molecule has 7 aromatic rings. The molecule has 0 saturated carbocycles. The van der Waals surface area contributed by atoms with Gasteiger partial charge >= 0.3 is 17.1 Å². The van der Waals surface area contributed by atoms with Gasteiger partial charge in [-0.25, -0.2) is 0 Å². The first-order chi connectivity index (χ1) is 28.5. The van der Waals surface area contributed by atoms with Gasteiger partial charge in [-0.05, 0) is 89.4 Å². The van der Waals surface area contributed by atoms with Crippen LogP contribution >= 0.6 is 0 Å². The van der Waals surface area contributed by atoms with Crippen molar-refractivity contribution < 1.29 is 17.1 Å². The summed E-state index contributed by atoms with van der Waals surface area (Å²) >= 11 is 0. The molecule has 1 aliphatic heterocycles. The predicted octanol–water partition coefficient (Wildman–Crippen LogP) is 13.3. The van der Waals surface area contributed by atoms with Crippen molar-refractivity contribution >= 4 is 11.3 Å². The molecule has 0 bridgehead atoms. The number of allylic oxidation sites excluding steroid dienone is 6. The Bertz CT molecular complexity index is 2530. The van der Waals surface area contributed by atoms with Gasteiger partial charge in [0.05, 0.1) is 16.8 Å². The van der Waals surface area contributed by atoms with Crippen molar-refractivity contribution in [2.24, 2.45) is 10.9 Å². The molecular formula is C57H50FeN2. The molecule has 1 aliphatic carbocycles. The van der Waals surface area contributed by atoms with E-state index in [0.29, 0.717) is 0 Å². The molecule has 1 aromatic heterocycles. The fourth-order valence-electron chi connectivity index (χ4n) is 9.70. The van der Waals surface area contributed by atoms with Crippen LogP contribution < -0.4 is 4.98 Å². The third kappa shape index (κ3) is 7.23. The van der Waals surface area contributed by atoms with Gasteiger partial charge in [-0.15, -0.1) is 11.4 Å². The Morgan fingerprint density at radius 1 is 0.550 bits per heavy atom. The van der Waals surface area contributed by atoms with Crippen LogP contribution in [0.1, 0.15) is 67.9 Å². The molecule has 0 fully saturated rings. The molecule has 0 unspecified atom stereocenters. The topological polar surface area (TPSA) is 26.5 Å². The number of rotatable bonds is 10. The van der Waals surface area contributed by atoms with Gasteiger partial charge in [-0.1, -0.05) is 206 Å². The normalized spacial score (nSPS) is 14.6. The van der Waals surface area contributed by atoms with Gasteiger partial charge in [0.1, 0.15) is 0 Å². The van der Waals surface area contributed by atoms with E-state index in [2.05, 4.69) is 233 Å². The number of aromatic nitrogens is 1. The van der Waals surface area contributed by atoms with Gasteiger partial charge in [0, 0.05) is 11.3 Å². The Balaban J connectivity index is 0.00000272. The summed E-state index contributed by atoms with van der Waals surface area (Å²) in [5, 5.41) is 0. The van der Waals surface area contributed by atoms with Crippen LogP contribution in [-0.2, 0) is 27.9 Å². The summed E-state index contributed by atoms with van der Waals surface area (Å²) in [6.45, 7) is 6.62. The first-order valence-corrected chi connectivity index (χ1v) is 20.4. The largest absolute Gasteiger partial charge is 2.00 e. The fraction of sp³-hybridized carbons (Fsp3) is 0.123. The smallest absolute Gasteiger partial charge is 0.660 e. The maximum Gasteiger partial charge on any atom is 2.00 e. The number of aliphatic imine (C=N–C) groups is 1. The van der Waals surface area contributed by atoms with Crippen LogP contribution in [0, 0.1) is 34.1 Å². The van der Waals surface area contributed by atoms with Crippen LogP contribution in [0.15, 0.2) is 223 Å². The van der Waals surface area contributed by atoms with E-state index < -0.39 is 10.8 Å². The molecule has 2 aliphatic rings. The summed E-state index contributed by atoms with van der Waals surface area (Å²) < 4.78 is 0. The molecule has 6 aromatic carbocycles. The minimum atomic E-state index is -0.662. The number of benzene rings is 6. The predicted molar refractivity (Wildman–Crippen MR) is 248 cm³/mol. The number of hydrogen-bond donors (Lipinski definition) is 0. The average molecular weight is 819 g/mol. The van der Waals surface area contributed by atoms with Crippen LogP contribution in [0.5, 0.6) is 0 Å². The second-order valence-corrected chi connectivity index (χ2v) is 15.6. The maximum atomic E-state index is 5.77. The van der Waals surface area contributed by atoms with Gasteiger partial charge in [-0.2, -0.15) is 0 Å². The van der Waals surface area contributed by atoms with Crippen LogP contribution in [0.25, 0.3) is 5.57 Å². The maximum absolute atomic E-state index is 5.77. The van der Waals surface area contributed by atoms with Crippen molar-refractivity contribution in [3.05, 3.63) is 287 Å². The second kappa shape index (κ2) is 17.9. The first-order valence-electron chi connectivity index (χ1n) is 20.4. The van der Waals surface area contributed by atoms with Crippen molar-refractivity contribution in [2.75, 3.05) is 0 Å². The van der Waals surface area contributed by atoms with Gasteiger partial charge < -0.3 is 12.4 Å². The zero-order valence-corrected chi connectivity index (χ0v) is 35.8. The molecule has 0 atom stereocenters. The molecule has 2 nitrogen and oxygen atoms in total. The van der Waals surface area contributed by atoms with E-state index in [9.17, 15) is 0 Å². The molecular weight excluding hydrogens is 768 g/mol. The van der Waals surface area contributed by atoms with E-state index in [4.69, 9.17) is 9.98 Å². The third-order valence-corrected chi connectivity index (χ3v) is 12.0. The second-order valence-electron chi connectivity index (χ2n) is 15.6. The first kappa shape index (κ1) is 41.9. The van der Waals surface area contributed by atoms with Gasteiger partial charge in [0.25, 0.3) is 0 Å². The van der Waals surface area contributed by atoms with E-state index in [1.165, 1.54) is 50.1 Å². The Kier molecular flexibility index (Phi) is 12.5. The molecule has 3 heteroatoms. The Hall–Kier alpha value is -6.25. The molecule has 296 valence electrons. The summed E-state index contributed by atoms with van der Waals surface area (Å²) in [5.74, 6) is 0.0620. The molecule has 60 heavy (non-hydrogen) atoms. The molecule has 9 rings (SSSR count). The van der Waals surface area contributed by atoms with Crippen molar-refractivity contribution in [3.63, 3.8) is 0 Å². The molecule has 0 amide bonds. The summed E-state index contributed by atoms with van der Waals surface area (Å²) in [4.78, 5) is 11.5. The van der Waals surface area contributed by atoms with Crippen LogP contribution in [0.3, 0.4) is 0 Å². The summed E-state index contributed by atoms with van der Waals surface area (Å²) in [6, 6.07) is 63.4. The summed E-state index contributed by atoms with van der Waals surface area (Å²) in [7, 11) is 0. The Morgan fingerprint density at radius 2 is 0.983 bits per heavy atom.